The molecule has 0 amide bonds. The van der Waals surface area contributed by atoms with Crippen molar-refractivity contribution in [3.05, 3.63) is 138 Å². The van der Waals surface area contributed by atoms with Crippen molar-refractivity contribution in [1.29, 1.82) is 0 Å². The smallest absolute Gasteiger partial charge is 0.0619 e. The largest absolute Gasteiger partial charge is 0.309 e. The first kappa shape index (κ1) is 28.9. The summed E-state index contributed by atoms with van der Waals surface area (Å²) in [4.78, 5) is 2.60. The van der Waals surface area contributed by atoms with Gasteiger partial charge in [-0.15, -0.1) is 0 Å². The third-order valence-electron chi connectivity index (χ3n) is 13.3. The summed E-state index contributed by atoms with van der Waals surface area (Å²) in [5.41, 5.74) is 9.53. The van der Waals surface area contributed by atoms with E-state index in [0.717, 1.165) is 0 Å². The fourth-order valence-electron chi connectivity index (χ4n) is 10.8. The molecule has 3 aliphatic rings. The molecule has 0 heterocycles. The summed E-state index contributed by atoms with van der Waals surface area (Å²) in [5.74, 6) is 1.40. The number of benzene rings is 8. The fraction of sp³-hybridized carbons (Fsp3) is 0.265. The van der Waals surface area contributed by atoms with E-state index < -0.39 is 0 Å². The zero-order valence-corrected chi connectivity index (χ0v) is 29.2. The van der Waals surface area contributed by atoms with E-state index >= 15 is 0 Å². The van der Waals surface area contributed by atoms with E-state index in [0.29, 0.717) is 11.8 Å². The van der Waals surface area contributed by atoms with Gasteiger partial charge in [-0.2, -0.15) is 0 Å². The molecule has 50 heavy (non-hydrogen) atoms. The highest BCUT2D eigenvalue weighted by atomic mass is 15.1. The molecule has 2 fully saturated rings. The third-order valence-corrected chi connectivity index (χ3v) is 13.3. The minimum Gasteiger partial charge on any atom is -0.309 e. The van der Waals surface area contributed by atoms with Gasteiger partial charge in [-0.1, -0.05) is 131 Å². The van der Waals surface area contributed by atoms with Crippen LogP contribution >= 0.6 is 0 Å². The lowest BCUT2D eigenvalue weighted by Crippen LogP contribution is -2.23. The molecule has 3 aliphatic carbocycles. The number of fused-ring (bicyclic) bond motifs is 1. The first-order chi connectivity index (χ1) is 24.6. The van der Waals surface area contributed by atoms with Crippen molar-refractivity contribution in [2.75, 3.05) is 4.90 Å². The Kier molecular flexibility index (Phi) is 6.11. The van der Waals surface area contributed by atoms with Crippen LogP contribution in [0.3, 0.4) is 0 Å². The van der Waals surface area contributed by atoms with Crippen LogP contribution in [0, 0.1) is 0 Å². The Bertz CT molecular complexity index is 2550. The maximum absolute atomic E-state index is 2.60. The van der Waals surface area contributed by atoms with E-state index in [9.17, 15) is 0 Å². The molecule has 0 saturated heterocycles. The quantitative estimate of drug-likeness (QED) is 0.133. The second-order valence-corrected chi connectivity index (χ2v) is 16.2. The van der Waals surface area contributed by atoms with Gasteiger partial charge >= 0.3 is 0 Å². The van der Waals surface area contributed by atoms with Gasteiger partial charge in [0.2, 0.25) is 0 Å². The van der Waals surface area contributed by atoms with Crippen molar-refractivity contribution >= 4 is 70.9 Å². The highest BCUT2D eigenvalue weighted by molar-refractivity contribution is 6.42. The molecule has 0 aliphatic heterocycles. The Labute approximate surface area is 294 Å². The summed E-state index contributed by atoms with van der Waals surface area (Å²) in [7, 11) is 0. The van der Waals surface area contributed by atoms with Crippen LogP contribution < -0.4 is 4.90 Å². The lowest BCUT2D eigenvalue weighted by molar-refractivity contribution is 0.652. The molecular formula is C49H43N. The van der Waals surface area contributed by atoms with Crippen molar-refractivity contribution < 1.29 is 0 Å². The molecule has 0 spiro atoms. The molecule has 0 unspecified atom stereocenters. The van der Waals surface area contributed by atoms with Crippen LogP contribution in [0.15, 0.2) is 115 Å². The number of rotatable bonds is 5. The van der Waals surface area contributed by atoms with Gasteiger partial charge < -0.3 is 4.90 Å². The van der Waals surface area contributed by atoms with E-state index in [-0.39, 0.29) is 5.41 Å². The first-order valence-electron chi connectivity index (χ1n) is 19.2. The molecular weight excluding hydrogens is 603 g/mol. The molecule has 0 N–H and O–H groups in total. The SMILES string of the molecule is CC1(C)c2cccc3c(N(c4ccc(C5CCCC5)cc4)c4ccc(C5CCCC5)cc4)c4cccc5c6cccc7ccc1c(c76)c(c23)c45. The molecule has 8 aromatic carbocycles. The van der Waals surface area contributed by atoms with E-state index in [1.165, 1.54) is 145 Å². The van der Waals surface area contributed by atoms with Crippen LogP contribution in [-0.4, -0.2) is 0 Å². The topological polar surface area (TPSA) is 3.24 Å². The molecule has 244 valence electrons. The molecule has 0 bridgehead atoms. The van der Waals surface area contributed by atoms with Gasteiger partial charge in [-0.25, -0.2) is 0 Å². The Balaban J connectivity index is 1.26. The highest BCUT2D eigenvalue weighted by Crippen LogP contribution is 2.57. The number of anilines is 3. The van der Waals surface area contributed by atoms with Crippen molar-refractivity contribution in [2.45, 2.75) is 82.5 Å². The third kappa shape index (κ3) is 3.90. The molecule has 0 aromatic heterocycles. The maximum atomic E-state index is 2.60. The minimum atomic E-state index is -0.128. The summed E-state index contributed by atoms with van der Waals surface area (Å²) in [6.07, 6.45) is 10.7. The minimum absolute atomic E-state index is 0.128. The lowest BCUT2D eigenvalue weighted by Gasteiger charge is -2.37. The standard InChI is InChI=1S/C49H43N/c1-49(2)41-19-9-18-40-45(41)47-44-38(37-15-7-14-34-24-29-42(49)46(47)43(34)37)16-8-17-39(44)48(40)50(35-25-20-32(21-26-35)30-10-3-4-11-30)36-27-22-33(23-28-36)31-12-5-6-13-31/h7-9,14-31H,3-6,10-13H2,1-2H3. The van der Waals surface area contributed by atoms with Gasteiger partial charge in [0, 0.05) is 32.9 Å². The first-order valence-corrected chi connectivity index (χ1v) is 19.2. The van der Waals surface area contributed by atoms with Gasteiger partial charge in [-0.3, -0.25) is 0 Å². The number of hydrogen-bond donors (Lipinski definition) is 0. The highest BCUT2D eigenvalue weighted by Gasteiger charge is 2.36. The van der Waals surface area contributed by atoms with Crippen molar-refractivity contribution in [3.8, 4) is 0 Å². The van der Waals surface area contributed by atoms with Crippen LogP contribution in [0.25, 0.3) is 53.9 Å². The Hall–Kier alpha value is -4.88. The molecule has 0 atom stereocenters. The lowest BCUT2D eigenvalue weighted by atomic mass is 9.68. The predicted molar refractivity (Wildman–Crippen MR) is 214 cm³/mol. The van der Waals surface area contributed by atoms with E-state index in [1.54, 1.807) is 0 Å². The predicted octanol–water partition coefficient (Wildman–Crippen LogP) is 14.3. The average molecular weight is 646 g/mol. The van der Waals surface area contributed by atoms with Crippen molar-refractivity contribution in [1.82, 2.24) is 0 Å². The van der Waals surface area contributed by atoms with Gasteiger partial charge in [0.1, 0.15) is 0 Å². The zero-order chi connectivity index (χ0) is 33.1. The van der Waals surface area contributed by atoms with E-state index in [2.05, 4.69) is 134 Å². The molecule has 8 aromatic rings. The second-order valence-electron chi connectivity index (χ2n) is 16.2. The van der Waals surface area contributed by atoms with Gasteiger partial charge in [0.25, 0.3) is 0 Å². The Morgan fingerprint density at radius 2 is 0.940 bits per heavy atom. The van der Waals surface area contributed by atoms with Crippen LogP contribution in [0.2, 0.25) is 0 Å². The van der Waals surface area contributed by atoms with Crippen LogP contribution in [-0.2, 0) is 5.41 Å². The summed E-state index contributed by atoms with van der Waals surface area (Å²) in [6, 6.07) is 45.2. The molecule has 0 radical (unpaired) electrons. The Morgan fingerprint density at radius 1 is 0.440 bits per heavy atom. The number of hydrogen-bond acceptors (Lipinski definition) is 1. The zero-order valence-electron chi connectivity index (χ0n) is 29.2. The van der Waals surface area contributed by atoms with Crippen molar-refractivity contribution in [3.63, 3.8) is 0 Å². The van der Waals surface area contributed by atoms with Gasteiger partial charge in [-0.05, 0) is 122 Å². The monoisotopic (exact) mass is 645 g/mol. The molecule has 2 saturated carbocycles. The molecule has 1 heteroatoms. The van der Waals surface area contributed by atoms with Crippen LogP contribution in [0.4, 0.5) is 17.1 Å². The fourth-order valence-corrected chi connectivity index (χ4v) is 10.8. The normalized spacial score (nSPS) is 17.6. The summed E-state index contributed by atoms with van der Waals surface area (Å²) in [5, 5.41) is 13.9. The summed E-state index contributed by atoms with van der Waals surface area (Å²) < 4.78 is 0. The van der Waals surface area contributed by atoms with Crippen LogP contribution in [0.1, 0.15) is 99.3 Å². The summed E-state index contributed by atoms with van der Waals surface area (Å²) in [6.45, 7) is 4.88. The van der Waals surface area contributed by atoms with Crippen molar-refractivity contribution in [2.24, 2.45) is 0 Å². The Morgan fingerprint density at radius 3 is 1.56 bits per heavy atom. The maximum Gasteiger partial charge on any atom is 0.0619 e. The van der Waals surface area contributed by atoms with Gasteiger partial charge in [0.05, 0.1) is 5.69 Å². The molecule has 11 rings (SSSR count). The van der Waals surface area contributed by atoms with E-state index in [1.807, 2.05) is 0 Å². The van der Waals surface area contributed by atoms with E-state index in [4.69, 9.17) is 0 Å². The van der Waals surface area contributed by atoms with Crippen LogP contribution in [0.5, 0.6) is 0 Å². The van der Waals surface area contributed by atoms with Gasteiger partial charge in [0.15, 0.2) is 0 Å². The second kappa shape index (κ2) is 10.6. The summed E-state index contributed by atoms with van der Waals surface area (Å²) >= 11 is 0. The average Bonchev–Trinajstić information content (AvgIpc) is 3.90. The number of nitrogens with zero attached hydrogens (tertiary/aromatic N) is 1. The molecule has 1 nitrogen and oxygen atoms in total.